The third-order valence-corrected chi connectivity index (χ3v) is 27.8. The van der Waals surface area contributed by atoms with E-state index < -0.39 is 122 Å². The molecule has 0 saturated carbocycles. The van der Waals surface area contributed by atoms with Crippen LogP contribution in [0.4, 0.5) is 30.6 Å². The van der Waals surface area contributed by atoms with Crippen LogP contribution in [-0.4, -0.2) is 192 Å². The van der Waals surface area contributed by atoms with Crippen molar-refractivity contribution in [3.63, 3.8) is 0 Å². The van der Waals surface area contributed by atoms with E-state index in [1.807, 2.05) is 108 Å². The summed E-state index contributed by atoms with van der Waals surface area (Å²) >= 11 is 0. The molecule has 1 unspecified atom stereocenters. The maximum Gasteiger partial charge on any atom is 0.468 e. The zero-order valence-corrected chi connectivity index (χ0v) is 78.0. The van der Waals surface area contributed by atoms with Crippen molar-refractivity contribution in [1.29, 1.82) is 0 Å². The van der Waals surface area contributed by atoms with E-state index in [0.717, 1.165) is 11.1 Å². The Balaban J connectivity index is 0.000000248. The number of aliphatic hydroxyl groups excluding tert-OH is 3. The molecule has 0 radical (unpaired) electrons. The molecule has 13 rings (SSSR count). The number of nitrogens with zero attached hydrogens (tertiary/aromatic N) is 2. The van der Waals surface area contributed by atoms with Crippen molar-refractivity contribution in [2.45, 2.75) is 152 Å². The Morgan fingerprint density at radius 3 is 1.14 bits per heavy atom. The van der Waals surface area contributed by atoms with Crippen molar-refractivity contribution in [2.75, 3.05) is 82.5 Å². The SMILES string of the molecule is CC(C)CN(C[C@@H](O)[C@H](Cc1ccc(NC(=O)OCc2ccccc2)cc1)NC(=O)O[C@H]1CO[C@H]2OCC[C@H]21)S(=O)(=O)c1ccc(OCP(=O)(NC(C)C)Oc2ccccc2)cc1.CC(C)CN(C[C@@H](O)[C@H](Cc1ccc(NC(=O)OCc2ccccc2)cc1)NC(=O)O[C@H]1CO[C@H]2OCC[C@H]21)S(=O)(=O)c1ccc(OCP(=O)(Oc2ccccc2)Oc2ccccc2)cc1.CCO. The Morgan fingerprint density at radius 2 is 0.780 bits per heavy atom. The number of anilines is 2. The lowest BCUT2D eigenvalue weighted by Crippen LogP contribution is -2.51. The number of para-hydroxylation sites is 3. The molecule has 710 valence electrons. The van der Waals surface area contributed by atoms with Crippen LogP contribution in [0.5, 0.6) is 28.7 Å². The van der Waals surface area contributed by atoms with E-state index in [1.54, 1.807) is 140 Å². The van der Waals surface area contributed by atoms with Gasteiger partial charge in [-0.15, -0.1) is 0 Å². The monoisotopic (exact) mass is 1900 g/mol. The third-order valence-electron chi connectivity index (χ3n) is 20.8. The number of fused-ring (bicyclic) bond motifs is 2. The summed E-state index contributed by atoms with van der Waals surface area (Å²) in [4.78, 5) is 51.7. The maximum atomic E-state index is 14.3. The van der Waals surface area contributed by atoms with Crippen molar-refractivity contribution in [3.05, 3.63) is 271 Å². The van der Waals surface area contributed by atoms with Gasteiger partial charge in [-0.05, 0) is 190 Å². The van der Waals surface area contributed by atoms with Crippen LogP contribution in [0, 0.1) is 23.7 Å². The lowest BCUT2D eigenvalue weighted by atomic mass is 10.0. The molecule has 4 aliphatic heterocycles. The molecule has 4 amide bonds. The lowest BCUT2D eigenvalue weighted by molar-refractivity contribution is -0.0909. The van der Waals surface area contributed by atoms with Crippen molar-refractivity contribution in [1.82, 2.24) is 24.3 Å². The number of hydrogen-bond donors (Lipinski definition) is 8. The fourth-order valence-corrected chi connectivity index (χ4v) is 20.9. The number of nitrogens with one attached hydrogen (secondary N) is 5. The van der Waals surface area contributed by atoms with Crippen LogP contribution >= 0.6 is 15.1 Å². The van der Waals surface area contributed by atoms with E-state index in [0.29, 0.717) is 65.8 Å². The summed E-state index contributed by atoms with van der Waals surface area (Å²) in [6.07, 6.45) is -7.06. The first-order valence-corrected chi connectivity index (χ1v) is 50.0. The number of rotatable bonds is 42. The second-order valence-electron chi connectivity index (χ2n) is 32.8. The van der Waals surface area contributed by atoms with Crippen LogP contribution in [0.25, 0.3) is 0 Å². The van der Waals surface area contributed by atoms with Gasteiger partial charge in [0.1, 0.15) is 54.2 Å². The zero-order valence-electron chi connectivity index (χ0n) is 74.5. The van der Waals surface area contributed by atoms with E-state index in [4.69, 9.17) is 66.0 Å². The average Bonchev–Trinajstić information content (AvgIpc) is 1.75. The number of carbonyl (C=O) groups is 4. The van der Waals surface area contributed by atoms with Crippen LogP contribution in [0.3, 0.4) is 0 Å². The Labute approximate surface area is 770 Å². The molecule has 33 nitrogen and oxygen atoms in total. The molecule has 132 heavy (non-hydrogen) atoms. The van der Waals surface area contributed by atoms with Crippen LogP contribution < -0.4 is 49.4 Å². The van der Waals surface area contributed by atoms with E-state index >= 15 is 0 Å². The number of benzene rings is 9. The van der Waals surface area contributed by atoms with Crippen molar-refractivity contribution in [3.8, 4) is 28.7 Å². The van der Waals surface area contributed by atoms with Gasteiger partial charge >= 0.3 is 39.5 Å². The molecule has 0 spiro atoms. The zero-order chi connectivity index (χ0) is 94.2. The first-order chi connectivity index (χ1) is 63.4. The van der Waals surface area contributed by atoms with Gasteiger partial charge in [0.15, 0.2) is 18.9 Å². The molecular formula is C95H117N7O26P2S2. The topological polar surface area (TPSA) is 418 Å². The Bertz CT molecular complexity index is 5370. The second-order valence-corrected chi connectivity index (χ2v) is 40.5. The summed E-state index contributed by atoms with van der Waals surface area (Å²) in [6, 6.07) is 66.9. The maximum absolute atomic E-state index is 14.3. The Morgan fingerprint density at radius 1 is 0.432 bits per heavy atom. The summed E-state index contributed by atoms with van der Waals surface area (Å²) in [5.74, 6) is 0.965. The minimum Gasteiger partial charge on any atom is -0.481 e. The highest BCUT2D eigenvalue weighted by molar-refractivity contribution is 7.89. The van der Waals surface area contributed by atoms with Gasteiger partial charge in [0.2, 0.25) is 26.4 Å². The molecule has 8 N–H and O–H groups in total. The van der Waals surface area contributed by atoms with Gasteiger partial charge in [-0.1, -0.05) is 167 Å². The predicted molar refractivity (Wildman–Crippen MR) is 493 cm³/mol. The molecule has 4 aliphatic rings. The second kappa shape index (κ2) is 49.7. The highest BCUT2D eigenvalue weighted by Gasteiger charge is 2.46. The van der Waals surface area contributed by atoms with Gasteiger partial charge in [-0.2, -0.15) is 8.61 Å². The minimum atomic E-state index is -4.25. The van der Waals surface area contributed by atoms with Gasteiger partial charge in [0, 0.05) is 50.2 Å². The first kappa shape index (κ1) is 102. The smallest absolute Gasteiger partial charge is 0.468 e. The molecule has 37 heteroatoms. The number of amides is 4. The summed E-state index contributed by atoms with van der Waals surface area (Å²) in [7, 11) is -15.9. The summed E-state index contributed by atoms with van der Waals surface area (Å²) in [6.45, 7) is 13.8. The van der Waals surface area contributed by atoms with E-state index in [9.17, 15) is 55.4 Å². The predicted octanol–water partition coefficient (Wildman–Crippen LogP) is 15.4. The molecule has 4 fully saturated rings. The lowest BCUT2D eigenvalue weighted by Gasteiger charge is -2.31. The summed E-state index contributed by atoms with van der Waals surface area (Å²) in [5.41, 5.74) is 3.93. The van der Waals surface area contributed by atoms with Gasteiger partial charge in [0.25, 0.3) is 0 Å². The van der Waals surface area contributed by atoms with Gasteiger partial charge in [-0.3, -0.25) is 15.2 Å². The van der Waals surface area contributed by atoms with E-state index in [-0.39, 0.29) is 123 Å². The van der Waals surface area contributed by atoms with Crippen molar-refractivity contribution >= 4 is 70.9 Å². The number of carbonyl (C=O) groups excluding carboxylic acids is 4. The highest BCUT2D eigenvalue weighted by Crippen LogP contribution is 2.49. The third kappa shape index (κ3) is 31.6. The molecule has 9 aromatic rings. The molecule has 0 aliphatic carbocycles. The Hall–Kier alpha value is -11.0. The van der Waals surface area contributed by atoms with Gasteiger partial charge < -0.3 is 86.9 Å². The quantitative estimate of drug-likeness (QED) is 0.0130. The normalized spacial score (nSPS) is 18.3. The summed E-state index contributed by atoms with van der Waals surface area (Å²) in [5, 5.41) is 45.2. The Kier molecular flexibility index (Phi) is 38.2. The largest absolute Gasteiger partial charge is 0.481 e. The number of sulfonamides is 2. The van der Waals surface area contributed by atoms with Crippen molar-refractivity contribution in [2.24, 2.45) is 23.7 Å². The fraction of sp³-hybridized carbons (Fsp3) is 0.389. The van der Waals surface area contributed by atoms with E-state index in [2.05, 4.69) is 26.4 Å². The molecular weight excluding hydrogens is 1780 g/mol. The molecule has 9 aromatic carbocycles. The van der Waals surface area contributed by atoms with Crippen molar-refractivity contribution < 1.29 is 121 Å². The summed E-state index contributed by atoms with van der Waals surface area (Å²) < 4.78 is 161. The standard InChI is InChI=1S/C48H54N3O13PS.C45H57N4O12PS.C2H6O/c1-34(2)29-51(66(56,57)41-24-22-38(23-25-41)61-33-65(55,63-39-14-8-4-9-15-39)64-40-16-10-5-11-17-40)30-44(52)43(50-48(54)62-45-32-59-46-42(45)26-27-58-46)28-35-18-20-37(21-19-35)49-47(53)60-31-36-12-6-3-7-13-36;1-31(2)26-49(63(54,55)38-21-19-36(20-22-38)59-30-62(53,48-32(3)4)61-37-13-9-6-10-14-37)27-41(50)40(47-45(52)60-42-29-57-43-39(42)23-24-56-43)25-33-15-17-35(18-16-33)46-44(51)58-28-34-11-7-5-8-12-34;1-2-3/h3-25,34,42-46,52H,26-33H2,1-2H3,(H,49,53)(H,50,54);5-22,31-32,39-43,50H,23-30H2,1-4H3,(H,46,51)(H,47,52)(H,48,53);3H,2H2,1H3/t42-,43-,44+,45-,46+;39-,40-,41+,42-,43+,62?;/m00./s1. The van der Waals surface area contributed by atoms with Crippen LogP contribution in [-0.2, 0) is 93.1 Å². The molecule has 0 aromatic heterocycles. The number of alkyl carbamates (subject to hydrolysis) is 2. The van der Waals surface area contributed by atoms with Gasteiger partial charge in [0.05, 0.1) is 72.3 Å². The van der Waals surface area contributed by atoms with Crippen LogP contribution in [0.15, 0.2) is 259 Å². The number of hydrogen-bond acceptors (Lipinski definition) is 26. The average molecular weight is 1900 g/mol. The van der Waals surface area contributed by atoms with E-state index in [1.165, 1.54) is 57.1 Å². The highest BCUT2D eigenvalue weighted by atomic mass is 32.2. The minimum absolute atomic E-state index is 0.0366. The van der Waals surface area contributed by atoms with Crippen LogP contribution in [0.1, 0.15) is 83.6 Å². The fourth-order valence-electron chi connectivity index (χ4n) is 14.6. The molecule has 4 heterocycles. The molecule has 4 saturated heterocycles. The molecule has 11 atom stereocenters. The van der Waals surface area contributed by atoms with Crippen LogP contribution in [0.2, 0.25) is 0 Å². The number of ether oxygens (including phenoxy) is 10. The first-order valence-electron chi connectivity index (χ1n) is 43.6. The molecule has 0 bridgehead atoms. The number of aliphatic hydroxyl groups is 3. The van der Waals surface area contributed by atoms with Gasteiger partial charge in [-0.25, -0.2) is 45.7 Å².